The van der Waals surface area contributed by atoms with Gasteiger partial charge in [-0.15, -0.1) is 11.8 Å². The molecule has 1 amide bonds. The highest BCUT2D eigenvalue weighted by atomic mass is 32.2. The Morgan fingerprint density at radius 2 is 1.96 bits per heavy atom. The van der Waals surface area contributed by atoms with Crippen molar-refractivity contribution in [2.24, 2.45) is 0 Å². The van der Waals surface area contributed by atoms with Gasteiger partial charge in [0.2, 0.25) is 5.91 Å². The van der Waals surface area contributed by atoms with Crippen LogP contribution in [-0.4, -0.2) is 22.1 Å². The van der Waals surface area contributed by atoms with Crippen LogP contribution in [0, 0.1) is 0 Å². The minimum atomic E-state index is -0.00966. The van der Waals surface area contributed by atoms with Gasteiger partial charge in [0.05, 0.1) is 16.9 Å². The number of nitrogens with zero attached hydrogens (tertiary/aromatic N) is 1. The van der Waals surface area contributed by atoms with Gasteiger partial charge in [0.1, 0.15) is 0 Å². The normalized spacial score (nSPS) is 10.5. The molecule has 0 aliphatic carbocycles. The van der Waals surface area contributed by atoms with Gasteiger partial charge in [0, 0.05) is 17.8 Å². The summed E-state index contributed by atoms with van der Waals surface area (Å²) < 4.78 is 0. The molecule has 0 aliphatic heterocycles. The van der Waals surface area contributed by atoms with Crippen LogP contribution in [0.1, 0.15) is 12.1 Å². The minimum Gasteiger partial charge on any atom is -0.358 e. The molecule has 3 rings (SSSR count). The number of pyridine rings is 1. The highest BCUT2D eigenvalue weighted by Crippen LogP contribution is 2.19. The number of carbonyl (C=O) groups is 1. The summed E-state index contributed by atoms with van der Waals surface area (Å²) >= 11 is 1.58. The fourth-order valence-electron chi connectivity index (χ4n) is 2.42. The van der Waals surface area contributed by atoms with E-state index >= 15 is 0 Å². The molecule has 24 heavy (non-hydrogen) atoms. The largest absolute Gasteiger partial charge is 0.358 e. The first-order valence-electron chi connectivity index (χ1n) is 7.78. The van der Waals surface area contributed by atoms with E-state index in [4.69, 9.17) is 0 Å². The lowest BCUT2D eigenvalue weighted by atomic mass is 10.2. The van der Waals surface area contributed by atoms with Crippen LogP contribution in [0.4, 0.5) is 5.69 Å². The molecule has 2 heterocycles. The molecule has 2 N–H and O–H groups in total. The lowest BCUT2D eigenvalue weighted by Gasteiger charge is -2.05. The van der Waals surface area contributed by atoms with Crippen LogP contribution in [0.3, 0.4) is 0 Å². The summed E-state index contributed by atoms with van der Waals surface area (Å²) in [6.07, 6.45) is 4.76. The van der Waals surface area contributed by atoms with Gasteiger partial charge in [0.15, 0.2) is 0 Å². The van der Waals surface area contributed by atoms with E-state index in [1.807, 2.05) is 48.7 Å². The fraction of sp³-hybridized carbons (Fsp3) is 0.158. The molecule has 0 fully saturated rings. The number of hydrogen-bond acceptors (Lipinski definition) is 3. The molecule has 0 bridgehead atoms. The Kier molecular flexibility index (Phi) is 5.33. The molecule has 0 spiro atoms. The maximum Gasteiger partial charge on any atom is 0.224 e. The molecule has 122 valence electrons. The number of aromatic nitrogens is 2. The van der Waals surface area contributed by atoms with E-state index in [1.54, 1.807) is 18.0 Å². The van der Waals surface area contributed by atoms with Crippen molar-refractivity contribution in [1.29, 1.82) is 0 Å². The summed E-state index contributed by atoms with van der Waals surface area (Å²) in [7, 11) is 0. The number of amides is 1. The average molecular weight is 337 g/mol. The van der Waals surface area contributed by atoms with Crippen LogP contribution in [0.15, 0.2) is 65.8 Å². The van der Waals surface area contributed by atoms with Gasteiger partial charge in [0.25, 0.3) is 0 Å². The van der Waals surface area contributed by atoms with Gasteiger partial charge in [-0.25, -0.2) is 4.98 Å². The number of thioether (sulfide) groups is 1. The van der Waals surface area contributed by atoms with E-state index < -0.39 is 0 Å². The summed E-state index contributed by atoms with van der Waals surface area (Å²) in [6, 6.07) is 18.0. The lowest BCUT2D eigenvalue weighted by Crippen LogP contribution is -2.12. The fourth-order valence-corrected chi connectivity index (χ4v) is 2.78. The Hall–Kier alpha value is -2.53. The molecular formula is C19H19N3OS. The molecule has 3 aromatic rings. The number of hydrogen-bond donors (Lipinski definition) is 2. The first kappa shape index (κ1) is 16.3. The van der Waals surface area contributed by atoms with Crippen molar-refractivity contribution >= 4 is 23.4 Å². The van der Waals surface area contributed by atoms with E-state index in [0.717, 1.165) is 27.7 Å². The topological polar surface area (TPSA) is 57.8 Å². The summed E-state index contributed by atoms with van der Waals surface area (Å²) in [5, 5.41) is 3.82. The smallest absolute Gasteiger partial charge is 0.224 e. The number of nitrogens with one attached hydrogen (secondary N) is 2. The first-order chi connectivity index (χ1) is 11.7. The predicted molar refractivity (Wildman–Crippen MR) is 99.2 cm³/mol. The quantitative estimate of drug-likeness (QED) is 0.657. The Morgan fingerprint density at radius 1 is 1.12 bits per heavy atom. The van der Waals surface area contributed by atoms with Crippen molar-refractivity contribution < 1.29 is 4.79 Å². The number of H-pyrrole nitrogens is 1. The molecule has 5 heteroatoms. The van der Waals surface area contributed by atoms with Crippen LogP contribution in [0.5, 0.6) is 0 Å². The standard InChI is InChI=1S/C19H19N3OS/c1-24-19-12-9-16(13-20-19)22-18(23)11-8-15-7-10-17(21-15)14-5-3-2-4-6-14/h2-7,9-10,12-13,21H,8,11H2,1H3,(H,22,23). The molecule has 0 saturated carbocycles. The third kappa shape index (κ3) is 4.26. The first-order valence-corrected chi connectivity index (χ1v) is 9.00. The van der Waals surface area contributed by atoms with Gasteiger partial charge in [-0.2, -0.15) is 0 Å². The van der Waals surface area contributed by atoms with Crippen LogP contribution in [-0.2, 0) is 11.2 Å². The number of aromatic amines is 1. The van der Waals surface area contributed by atoms with Gasteiger partial charge >= 0.3 is 0 Å². The molecular weight excluding hydrogens is 318 g/mol. The van der Waals surface area contributed by atoms with Gasteiger partial charge in [-0.1, -0.05) is 30.3 Å². The number of rotatable bonds is 6. The highest BCUT2D eigenvalue weighted by Gasteiger charge is 2.06. The third-order valence-electron chi connectivity index (χ3n) is 3.68. The molecule has 0 unspecified atom stereocenters. The van der Waals surface area contributed by atoms with Crippen molar-refractivity contribution in [3.05, 3.63) is 66.5 Å². The van der Waals surface area contributed by atoms with E-state index in [-0.39, 0.29) is 5.91 Å². The summed E-state index contributed by atoms with van der Waals surface area (Å²) in [6.45, 7) is 0. The number of carbonyl (C=O) groups excluding carboxylic acids is 1. The molecule has 0 aliphatic rings. The average Bonchev–Trinajstić information content (AvgIpc) is 3.10. The minimum absolute atomic E-state index is 0.00966. The Bertz CT molecular complexity index is 797. The second kappa shape index (κ2) is 7.84. The predicted octanol–water partition coefficient (Wildman–Crippen LogP) is 4.37. The van der Waals surface area contributed by atoms with Crippen molar-refractivity contribution in [3.63, 3.8) is 0 Å². The second-order valence-electron chi connectivity index (χ2n) is 5.40. The molecule has 1 aromatic carbocycles. The van der Waals surface area contributed by atoms with Crippen molar-refractivity contribution in [2.75, 3.05) is 11.6 Å². The van der Waals surface area contributed by atoms with Gasteiger partial charge < -0.3 is 10.3 Å². The maximum absolute atomic E-state index is 12.1. The molecule has 2 aromatic heterocycles. The SMILES string of the molecule is CSc1ccc(NC(=O)CCc2ccc(-c3ccccc3)[nH]2)cn1. The summed E-state index contributed by atoms with van der Waals surface area (Å²) in [5.41, 5.74) is 4.00. The zero-order chi connectivity index (χ0) is 16.8. The van der Waals surface area contributed by atoms with E-state index in [0.29, 0.717) is 12.8 Å². The Morgan fingerprint density at radius 3 is 2.67 bits per heavy atom. The van der Waals surface area contributed by atoms with Crippen LogP contribution in [0.2, 0.25) is 0 Å². The second-order valence-corrected chi connectivity index (χ2v) is 6.23. The molecule has 4 nitrogen and oxygen atoms in total. The maximum atomic E-state index is 12.1. The van der Waals surface area contributed by atoms with Crippen molar-refractivity contribution in [1.82, 2.24) is 9.97 Å². The molecule has 0 saturated heterocycles. The van der Waals surface area contributed by atoms with Crippen LogP contribution in [0.25, 0.3) is 11.3 Å². The Labute approximate surface area is 145 Å². The van der Waals surface area contributed by atoms with Gasteiger partial charge in [-0.05, 0) is 42.5 Å². The van der Waals surface area contributed by atoms with E-state index in [9.17, 15) is 4.79 Å². The lowest BCUT2D eigenvalue weighted by molar-refractivity contribution is -0.116. The number of benzene rings is 1. The zero-order valence-corrected chi connectivity index (χ0v) is 14.3. The number of aryl methyl sites for hydroxylation is 1. The molecule has 0 atom stereocenters. The van der Waals surface area contributed by atoms with Crippen molar-refractivity contribution in [2.45, 2.75) is 17.9 Å². The molecule has 0 radical (unpaired) electrons. The van der Waals surface area contributed by atoms with Gasteiger partial charge in [-0.3, -0.25) is 4.79 Å². The van der Waals surface area contributed by atoms with Crippen LogP contribution >= 0.6 is 11.8 Å². The monoisotopic (exact) mass is 337 g/mol. The highest BCUT2D eigenvalue weighted by molar-refractivity contribution is 7.98. The summed E-state index contributed by atoms with van der Waals surface area (Å²) in [5.74, 6) is -0.00966. The third-order valence-corrected chi connectivity index (χ3v) is 4.34. The zero-order valence-electron chi connectivity index (χ0n) is 13.5. The van der Waals surface area contributed by atoms with Crippen molar-refractivity contribution in [3.8, 4) is 11.3 Å². The van der Waals surface area contributed by atoms with E-state index in [1.165, 1.54) is 0 Å². The van der Waals surface area contributed by atoms with Crippen LogP contribution < -0.4 is 5.32 Å². The Balaban J connectivity index is 1.53. The van der Waals surface area contributed by atoms with E-state index in [2.05, 4.69) is 27.4 Å². The number of anilines is 1. The summed E-state index contributed by atoms with van der Waals surface area (Å²) in [4.78, 5) is 19.7.